The van der Waals surface area contributed by atoms with E-state index in [9.17, 15) is 4.79 Å². The predicted octanol–water partition coefficient (Wildman–Crippen LogP) is 3.76. The van der Waals surface area contributed by atoms with E-state index in [1.807, 2.05) is 6.07 Å². The lowest BCUT2D eigenvalue weighted by atomic mass is 9.83. The number of rotatable bonds is 3. The first-order valence-electron chi connectivity index (χ1n) is 6.73. The molecule has 0 atom stereocenters. The first-order chi connectivity index (χ1) is 10.3. The highest BCUT2D eigenvalue weighted by atomic mass is 35.5. The molecule has 1 heterocycles. The van der Waals surface area contributed by atoms with Crippen molar-refractivity contribution in [1.29, 1.82) is 5.26 Å². The van der Waals surface area contributed by atoms with Crippen LogP contribution < -0.4 is 5.56 Å². The number of halogens is 1. The number of nitriles is 1. The summed E-state index contributed by atoms with van der Waals surface area (Å²) >= 11 is 7.45. The van der Waals surface area contributed by atoms with E-state index in [-0.39, 0.29) is 11.0 Å². The van der Waals surface area contributed by atoms with Gasteiger partial charge in [-0.15, -0.1) is 0 Å². The molecule has 2 rings (SSSR count). The molecule has 0 aliphatic carbocycles. The SMILES string of the molecule is CC(C)(C)c1cc(Cl)c(C#N)cc1CSn1ncccc1=O. The van der Waals surface area contributed by atoms with Crippen molar-refractivity contribution in [1.82, 2.24) is 9.19 Å². The quantitative estimate of drug-likeness (QED) is 0.858. The fourth-order valence-corrected chi connectivity index (χ4v) is 3.11. The minimum atomic E-state index is -0.167. The topological polar surface area (TPSA) is 58.7 Å². The minimum Gasteiger partial charge on any atom is -0.267 e. The van der Waals surface area contributed by atoms with Crippen molar-refractivity contribution in [3.05, 3.63) is 62.5 Å². The van der Waals surface area contributed by atoms with E-state index in [0.29, 0.717) is 16.3 Å². The maximum atomic E-state index is 11.7. The lowest BCUT2D eigenvalue weighted by Gasteiger charge is -2.23. The van der Waals surface area contributed by atoms with Crippen molar-refractivity contribution >= 4 is 23.5 Å². The highest BCUT2D eigenvalue weighted by Crippen LogP contribution is 2.32. The van der Waals surface area contributed by atoms with E-state index >= 15 is 0 Å². The van der Waals surface area contributed by atoms with Gasteiger partial charge < -0.3 is 0 Å². The molecule has 0 fully saturated rings. The molecular formula is C16H16ClN3OS. The fraction of sp³-hybridized carbons (Fsp3) is 0.312. The maximum absolute atomic E-state index is 11.7. The van der Waals surface area contributed by atoms with Gasteiger partial charge in [0.1, 0.15) is 6.07 Å². The van der Waals surface area contributed by atoms with E-state index in [1.54, 1.807) is 18.3 Å². The van der Waals surface area contributed by atoms with E-state index < -0.39 is 0 Å². The lowest BCUT2D eigenvalue weighted by molar-refractivity contribution is 0.585. The molecule has 1 aromatic heterocycles. The Morgan fingerprint density at radius 1 is 1.41 bits per heavy atom. The molecule has 1 aromatic carbocycles. The molecule has 0 aliphatic heterocycles. The van der Waals surface area contributed by atoms with Crippen LogP contribution in [0.15, 0.2) is 35.3 Å². The van der Waals surface area contributed by atoms with Crippen LogP contribution in [0.2, 0.25) is 5.02 Å². The molecule has 0 bridgehead atoms. The third kappa shape index (κ3) is 3.70. The van der Waals surface area contributed by atoms with E-state index in [2.05, 4.69) is 31.9 Å². The Morgan fingerprint density at radius 3 is 2.73 bits per heavy atom. The molecule has 0 spiro atoms. The van der Waals surface area contributed by atoms with Gasteiger partial charge >= 0.3 is 0 Å². The number of aromatic nitrogens is 2. The Balaban J connectivity index is 2.39. The Morgan fingerprint density at radius 2 is 2.14 bits per heavy atom. The highest BCUT2D eigenvalue weighted by molar-refractivity contribution is 7.96. The smallest absolute Gasteiger partial charge is 0.267 e. The number of hydrogen-bond donors (Lipinski definition) is 0. The molecule has 0 unspecified atom stereocenters. The molecule has 0 N–H and O–H groups in total. The van der Waals surface area contributed by atoms with Crippen molar-refractivity contribution in [2.75, 3.05) is 0 Å². The summed E-state index contributed by atoms with van der Waals surface area (Å²) in [4.78, 5) is 11.7. The highest BCUT2D eigenvalue weighted by Gasteiger charge is 2.20. The van der Waals surface area contributed by atoms with Crippen LogP contribution in [0.25, 0.3) is 0 Å². The van der Waals surface area contributed by atoms with Gasteiger partial charge in [0.25, 0.3) is 5.56 Å². The van der Waals surface area contributed by atoms with Crippen LogP contribution in [0.4, 0.5) is 0 Å². The lowest BCUT2D eigenvalue weighted by Crippen LogP contribution is -2.17. The van der Waals surface area contributed by atoms with Crippen LogP contribution in [0, 0.1) is 11.3 Å². The van der Waals surface area contributed by atoms with Crippen LogP contribution >= 0.6 is 23.5 Å². The standard InChI is InChI=1S/C16H16ClN3OS/c1-16(2,3)13-8-14(17)11(9-18)7-12(13)10-22-20-15(21)5-4-6-19-20/h4-8H,10H2,1-3H3. The summed E-state index contributed by atoms with van der Waals surface area (Å²) in [5.41, 5.74) is 2.21. The molecule has 0 amide bonds. The van der Waals surface area contributed by atoms with Crippen LogP contribution in [0.3, 0.4) is 0 Å². The zero-order chi connectivity index (χ0) is 16.3. The van der Waals surface area contributed by atoms with Gasteiger partial charge in [0, 0.05) is 18.0 Å². The number of benzene rings is 1. The summed E-state index contributed by atoms with van der Waals surface area (Å²) in [5, 5.41) is 13.6. The largest absolute Gasteiger partial charge is 0.277 e. The third-order valence-corrected chi connectivity index (χ3v) is 4.42. The molecule has 0 radical (unpaired) electrons. The molecule has 4 nitrogen and oxygen atoms in total. The second kappa shape index (κ2) is 6.55. The van der Waals surface area contributed by atoms with Crippen LogP contribution in [0.5, 0.6) is 0 Å². The molecule has 114 valence electrons. The molecule has 0 saturated heterocycles. The second-order valence-corrected chi connectivity index (χ2v) is 7.16. The van der Waals surface area contributed by atoms with Crippen LogP contribution in [0.1, 0.15) is 37.5 Å². The summed E-state index contributed by atoms with van der Waals surface area (Å²) in [6.45, 7) is 6.27. The molecule has 22 heavy (non-hydrogen) atoms. The molecule has 6 heteroatoms. The normalized spacial score (nSPS) is 11.2. The summed E-state index contributed by atoms with van der Waals surface area (Å²) in [5.74, 6) is 0.537. The summed E-state index contributed by atoms with van der Waals surface area (Å²) < 4.78 is 1.34. The van der Waals surface area contributed by atoms with Crippen molar-refractivity contribution in [3.63, 3.8) is 0 Å². The minimum absolute atomic E-state index is 0.109. The van der Waals surface area contributed by atoms with Crippen molar-refractivity contribution in [2.45, 2.75) is 31.9 Å². The Labute approximate surface area is 138 Å². The monoisotopic (exact) mass is 333 g/mol. The first kappa shape index (κ1) is 16.6. The Hall–Kier alpha value is -1.77. The Kier molecular flexibility index (Phi) is 4.94. The van der Waals surface area contributed by atoms with E-state index in [0.717, 1.165) is 11.1 Å². The van der Waals surface area contributed by atoms with Crippen molar-refractivity contribution < 1.29 is 0 Å². The van der Waals surface area contributed by atoms with E-state index in [1.165, 1.54) is 22.1 Å². The van der Waals surface area contributed by atoms with Gasteiger partial charge in [-0.3, -0.25) is 4.79 Å². The van der Waals surface area contributed by atoms with Crippen LogP contribution in [-0.2, 0) is 11.2 Å². The van der Waals surface area contributed by atoms with Gasteiger partial charge in [-0.1, -0.05) is 32.4 Å². The van der Waals surface area contributed by atoms with E-state index in [4.69, 9.17) is 16.9 Å². The third-order valence-electron chi connectivity index (χ3n) is 3.15. The van der Waals surface area contributed by atoms with Gasteiger partial charge in [0.2, 0.25) is 0 Å². The summed E-state index contributed by atoms with van der Waals surface area (Å²) in [6, 6.07) is 8.81. The van der Waals surface area contributed by atoms with Gasteiger partial charge in [-0.2, -0.15) is 14.4 Å². The zero-order valence-electron chi connectivity index (χ0n) is 12.6. The van der Waals surface area contributed by atoms with Crippen molar-refractivity contribution in [2.24, 2.45) is 0 Å². The number of hydrogen-bond acceptors (Lipinski definition) is 4. The maximum Gasteiger partial charge on any atom is 0.277 e. The number of nitrogens with zero attached hydrogens (tertiary/aromatic N) is 3. The van der Waals surface area contributed by atoms with Gasteiger partial charge in [-0.05, 0) is 46.7 Å². The average molecular weight is 334 g/mol. The van der Waals surface area contributed by atoms with Crippen molar-refractivity contribution in [3.8, 4) is 6.07 Å². The summed E-state index contributed by atoms with van der Waals surface area (Å²) in [6.07, 6.45) is 1.57. The molecule has 0 saturated carbocycles. The second-order valence-electron chi connectivity index (χ2n) is 5.86. The molecule has 2 aromatic rings. The van der Waals surface area contributed by atoms with Gasteiger partial charge in [0.05, 0.1) is 10.6 Å². The fourth-order valence-electron chi connectivity index (χ4n) is 2.09. The molecule has 0 aliphatic rings. The van der Waals surface area contributed by atoms with Gasteiger partial charge in [0.15, 0.2) is 0 Å². The predicted molar refractivity (Wildman–Crippen MR) is 90.1 cm³/mol. The van der Waals surface area contributed by atoms with Crippen LogP contribution in [-0.4, -0.2) is 9.19 Å². The first-order valence-corrected chi connectivity index (χ1v) is 8.05. The zero-order valence-corrected chi connectivity index (χ0v) is 14.2. The summed E-state index contributed by atoms with van der Waals surface area (Å²) in [7, 11) is 0. The van der Waals surface area contributed by atoms with Gasteiger partial charge in [-0.25, -0.2) is 0 Å². The Bertz CT molecular complexity index is 787. The molecular weight excluding hydrogens is 318 g/mol. The average Bonchev–Trinajstić information content (AvgIpc) is 2.46.